The summed E-state index contributed by atoms with van der Waals surface area (Å²) in [5.41, 5.74) is 3.00. The Labute approximate surface area is 60.5 Å². The summed E-state index contributed by atoms with van der Waals surface area (Å²) >= 11 is 0. The Hall–Kier alpha value is -0.600. The zero-order chi connectivity index (χ0) is 6.81. The third-order valence-electron chi connectivity index (χ3n) is 2.02. The van der Waals surface area contributed by atoms with E-state index in [9.17, 15) is 0 Å². The maximum Gasteiger partial charge on any atom is 0.0761 e. The molecular weight excluding hydrogens is 126 g/mol. The normalized spacial score (nSPS) is 37.6. The van der Waals surface area contributed by atoms with Gasteiger partial charge in [-0.05, 0) is 6.42 Å². The van der Waals surface area contributed by atoms with Crippen molar-refractivity contribution in [3.8, 4) is 0 Å². The summed E-state index contributed by atoms with van der Waals surface area (Å²) in [5.74, 6) is 0.579. The highest BCUT2D eigenvalue weighted by Gasteiger charge is 2.24. The number of fused-ring (bicyclic) bond motifs is 1. The van der Waals surface area contributed by atoms with Gasteiger partial charge < -0.3 is 4.84 Å². The van der Waals surface area contributed by atoms with Gasteiger partial charge in [-0.15, -0.1) is 0 Å². The molecular formula is C8H11NO. The van der Waals surface area contributed by atoms with Crippen LogP contribution in [-0.2, 0) is 4.84 Å². The molecule has 2 nitrogen and oxygen atoms in total. The van der Waals surface area contributed by atoms with Crippen LogP contribution in [0.1, 0.15) is 6.42 Å². The zero-order valence-corrected chi connectivity index (χ0v) is 5.79. The second-order valence-corrected chi connectivity index (χ2v) is 2.75. The van der Waals surface area contributed by atoms with E-state index < -0.39 is 0 Å². The lowest BCUT2D eigenvalue weighted by molar-refractivity contribution is 0.0873. The highest BCUT2D eigenvalue weighted by molar-refractivity contribution is 5.11. The van der Waals surface area contributed by atoms with Crippen LogP contribution in [0.3, 0.4) is 0 Å². The minimum atomic E-state index is 0.509. The lowest BCUT2D eigenvalue weighted by Gasteiger charge is -2.08. The lowest BCUT2D eigenvalue weighted by Crippen LogP contribution is -2.24. The number of hydrogen-bond donors (Lipinski definition) is 1. The molecule has 1 aliphatic carbocycles. The van der Waals surface area contributed by atoms with Crippen LogP contribution in [0.15, 0.2) is 24.3 Å². The highest BCUT2D eigenvalue weighted by atomic mass is 16.7. The van der Waals surface area contributed by atoms with Crippen molar-refractivity contribution in [2.75, 3.05) is 6.61 Å². The molecule has 0 bridgehead atoms. The van der Waals surface area contributed by atoms with Crippen LogP contribution in [0.25, 0.3) is 0 Å². The maximum absolute atomic E-state index is 5.11. The topological polar surface area (TPSA) is 21.3 Å². The van der Waals surface area contributed by atoms with E-state index >= 15 is 0 Å². The van der Waals surface area contributed by atoms with Crippen molar-refractivity contribution in [2.45, 2.75) is 12.5 Å². The smallest absolute Gasteiger partial charge is 0.0761 e. The molecule has 1 aliphatic heterocycles. The molecule has 0 aromatic heterocycles. The Bertz CT molecular complexity index is 174. The van der Waals surface area contributed by atoms with Gasteiger partial charge >= 0.3 is 0 Å². The highest BCUT2D eigenvalue weighted by Crippen LogP contribution is 2.18. The molecule has 0 radical (unpaired) electrons. The summed E-state index contributed by atoms with van der Waals surface area (Å²) in [5, 5.41) is 0. The summed E-state index contributed by atoms with van der Waals surface area (Å²) in [6.45, 7) is 0.822. The van der Waals surface area contributed by atoms with Gasteiger partial charge in [-0.25, -0.2) is 0 Å². The van der Waals surface area contributed by atoms with Crippen LogP contribution in [0.4, 0.5) is 0 Å². The van der Waals surface area contributed by atoms with Gasteiger partial charge in [-0.1, -0.05) is 24.3 Å². The molecule has 0 aromatic rings. The Balaban J connectivity index is 2.12. The van der Waals surface area contributed by atoms with Gasteiger partial charge in [-0.2, -0.15) is 5.48 Å². The van der Waals surface area contributed by atoms with E-state index in [-0.39, 0.29) is 0 Å². The molecule has 2 unspecified atom stereocenters. The van der Waals surface area contributed by atoms with Crippen LogP contribution in [0, 0.1) is 5.92 Å². The molecule has 54 valence electrons. The molecule has 2 atom stereocenters. The van der Waals surface area contributed by atoms with E-state index in [1.807, 2.05) is 0 Å². The Morgan fingerprint density at radius 3 is 3.40 bits per heavy atom. The van der Waals surface area contributed by atoms with Gasteiger partial charge in [0.05, 0.1) is 6.61 Å². The number of hydroxylamine groups is 1. The second-order valence-electron chi connectivity index (χ2n) is 2.75. The maximum atomic E-state index is 5.11. The largest absolute Gasteiger partial charge is 0.301 e. The van der Waals surface area contributed by atoms with Crippen molar-refractivity contribution in [1.82, 2.24) is 5.48 Å². The van der Waals surface area contributed by atoms with Crippen LogP contribution in [0.5, 0.6) is 0 Å². The number of allylic oxidation sites excluding steroid dienone is 2. The molecule has 1 saturated heterocycles. The molecule has 2 heteroatoms. The summed E-state index contributed by atoms with van der Waals surface area (Å²) in [6.07, 6.45) is 9.65. The zero-order valence-electron chi connectivity index (χ0n) is 5.79. The van der Waals surface area contributed by atoms with Gasteiger partial charge in [-0.3, -0.25) is 0 Å². The van der Waals surface area contributed by atoms with Crippen molar-refractivity contribution in [3.63, 3.8) is 0 Å². The van der Waals surface area contributed by atoms with Gasteiger partial charge in [0, 0.05) is 12.0 Å². The van der Waals surface area contributed by atoms with E-state index in [1.54, 1.807) is 0 Å². The third kappa shape index (κ3) is 1.00. The van der Waals surface area contributed by atoms with Crippen molar-refractivity contribution >= 4 is 0 Å². The number of nitrogens with one attached hydrogen (secondary N) is 1. The van der Waals surface area contributed by atoms with E-state index in [0.29, 0.717) is 12.0 Å². The van der Waals surface area contributed by atoms with Crippen LogP contribution in [0.2, 0.25) is 0 Å². The predicted molar refractivity (Wildman–Crippen MR) is 39.3 cm³/mol. The standard InChI is InChI=1S/C8H11NO/c1-2-4-7-6-10-9-8(7)5-3-1/h1-4,7-9H,5-6H2. The van der Waals surface area contributed by atoms with E-state index in [2.05, 4.69) is 29.8 Å². The molecule has 1 heterocycles. The van der Waals surface area contributed by atoms with Crippen molar-refractivity contribution in [2.24, 2.45) is 5.92 Å². The van der Waals surface area contributed by atoms with E-state index in [0.717, 1.165) is 13.0 Å². The van der Waals surface area contributed by atoms with Gasteiger partial charge in [0.15, 0.2) is 0 Å². The van der Waals surface area contributed by atoms with Gasteiger partial charge in [0.2, 0.25) is 0 Å². The fourth-order valence-corrected chi connectivity index (χ4v) is 1.38. The molecule has 0 saturated carbocycles. The summed E-state index contributed by atoms with van der Waals surface area (Å²) < 4.78 is 0. The summed E-state index contributed by atoms with van der Waals surface area (Å²) in [6, 6.07) is 0.509. The molecule has 0 amide bonds. The minimum Gasteiger partial charge on any atom is -0.301 e. The Kier molecular flexibility index (Phi) is 1.57. The summed E-state index contributed by atoms with van der Waals surface area (Å²) in [7, 11) is 0. The molecule has 10 heavy (non-hydrogen) atoms. The van der Waals surface area contributed by atoms with Crippen molar-refractivity contribution in [1.29, 1.82) is 0 Å². The minimum absolute atomic E-state index is 0.509. The molecule has 2 aliphatic rings. The van der Waals surface area contributed by atoms with Crippen molar-refractivity contribution < 1.29 is 4.84 Å². The van der Waals surface area contributed by atoms with Crippen LogP contribution < -0.4 is 5.48 Å². The SMILES string of the molecule is C1=CCC2NOCC2C=C1. The van der Waals surface area contributed by atoms with Crippen LogP contribution >= 0.6 is 0 Å². The van der Waals surface area contributed by atoms with Crippen LogP contribution in [-0.4, -0.2) is 12.6 Å². The first kappa shape index (κ1) is 6.13. The van der Waals surface area contributed by atoms with E-state index in [4.69, 9.17) is 4.84 Å². The predicted octanol–water partition coefficient (Wildman–Crippen LogP) is 1.02. The number of rotatable bonds is 0. The third-order valence-corrected chi connectivity index (χ3v) is 2.02. The van der Waals surface area contributed by atoms with E-state index in [1.165, 1.54) is 0 Å². The quantitative estimate of drug-likeness (QED) is 0.538. The monoisotopic (exact) mass is 137 g/mol. The lowest BCUT2D eigenvalue weighted by atomic mass is 10.0. The fraction of sp³-hybridized carbons (Fsp3) is 0.500. The number of hydrogen-bond acceptors (Lipinski definition) is 2. The first-order chi connectivity index (χ1) is 4.97. The van der Waals surface area contributed by atoms with Gasteiger partial charge in [0.25, 0.3) is 0 Å². The average molecular weight is 137 g/mol. The molecule has 1 N–H and O–H groups in total. The first-order valence-electron chi connectivity index (χ1n) is 3.67. The second kappa shape index (κ2) is 2.56. The van der Waals surface area contributed by atoms with Gasteiger partial charge in [0.1, 0.15) is 0 Å². The molecule has 0 spiro atoms. The Morgan fingerprint density at radius 2 is 2.40 bits per heavy atom. The summed E-state index contributed by atoms with van der Waals surface area (Å²) in [4.78, 5) is 5.11. The molecule has 1 fully saturated rings. The fourth-order valence-electron chi connectivity index (χ4n) is 1.38. The first-order valence-corrected chi connectivity index (χ1v) is 3.67. The average Bonchev–Trinajstić information content (AvgIpc) is 2.28. The Morgan fingerprint density at radius 1 is 1.40 bits per heavy atom. The van der Waals surface area contributed by atoms with Crippen molar-refractivity contribution in [3.05, 3.63) is 24.3 Å². The molecule has 0 aromatic carbocycles. The molecule has 2 rings (SSSR count).